The maximum Gasteiger partial charge on any atom is 0.471 e. The summed E-state index contributed by atoms with van der Waals surface area (Å²) in [5.74, 6) is -1.22. The van der Waals surface area contributed by atoms with Crippen LogP contribution in [-0.2, 0) is 4.79 Å². The molecule has 24 heavy (non-hydrogen) atoms. The van der Waals surface area contributed by atoms with Crippen molar-refractivity contribution in [2.24, 2.45) is 0 Å². The SMILES string of the molecule is O=C(N1CCN(c2ccc(-c3cccnc3)nn2)CC1)C(F)(F)F. The van der Waals surface area contributed by atoms with Crippen LogP contribution in [0.4, 0.5) is 19.0 Å². The van der Waals surface area contributed by atoms with Crippen LogP contribution in [0.3, 0.4) is 0 Å². The zero-order valence-corrected chi connectivity index (χ0v) is 12.6. The summed E-state index contributed by atoms with van der Waals surface area (Å²) in [4.78, 5) is 17.8. The van der Waals surface area contributed by atoms with Crippen molar-refractivity contribution in [3.05, 3.63) is 36.7 Å². The number of anilines is 1. The zero-order chi connectivity index (χ0) is 17.2. The summed E-state index contributed by atoms with van der Waals surface area (Å²) in [6.45, 7) is 0.570. The van der Waals surface area contributed by atoms with E-state index >= 15 is 0 Å². The van der Waals surface area contributed by atoms with Gasteiger partial charge in [-0.25, -0.2) is 0 Å². The molecule has 0 aromatic carbocycles. The molecule has 1 fully saturated rings. The molecule has 0 aliphatic carbocycles. The molecule has 0 N–H and O–H groups in total. The molecule has 2 aromatic heterocycles. The first-order valence-corrected chi connectivity index (χ1v) is 7.30. The lowest BCUT2D eigenvalue weighted by atomic mass is 10.2. The molecular formula is C15H14F3N5O. The molecule has 2 aromatic rings. The molecular weight excluding hydrogens is 323 g/mol. The van der Waals surface area contributed by atoms with Crippen molar-refractivity contribution < 1.29 is 18.0 Å². The third-order valence-corrected chi connectivity index (χ3v) is 3.74. The van der Waals surface area contributed by atoms with Gasteiger partial charge in [-0.1, -0.05) is 0 Å². The molecule has 126 valence electrons. The minimum atomic E-state index is -4.83. The summed E-state index contributed by atoms with van der Waals surface area (Å²) in [6.07, 6.45) is -1.49. The average molecular weight is 337 g/mol. The number of hydrogen-bond acceptors (Lipinski definition) is 5. The molecule has 1 amide bonds. The fourth-order valence-corrected chi connectivity index (χ4v) is 2.48. The molecule has 1 aliphatic rings. The third kappa shape index (κ3) is 3.44. The van der Waals surface area contributed by atoms with E-state index in [1.165, 1.54) is 0 Å². The lowest BCUT2D eigenvalue weighted by molar-refractivity contribution is -0.185. The van der Waals surface area contributed by atoms with Crippen LogP contribution >= 0.6 is 0 Å². The summed E-state index contributed by atoms with van der Waals surface area (Å²) < 4.78 is 37.3. The van der Waals surface area contributed by atoms with Crippen molar-refractivity contribution in [3.63, 3.8) is 0 Å². The van der Waals surface area contributed by atoms with Crippen LogP contribution in [0.2, 0.25) is 0 Å². The summed E-state index contributed by atoms with van der Waals surface area (Å²) in [5.41, 5.74) is 1.50. The second kappa shape index (κ2) is 6.42. The number of carbonyl (C=O) groups is 1. The van der Waals surface area contributed by atoms with Gasteiger partial charge in [0.1, 0.15) is 0 Å². The molecule has 3 rings (SSSR count). The first-order chi connectivity index (χ1) is 11.4. The summed E-state index contributed by atoms with van der Waals surface area (Å²) >= 11 is 0. The van der Waals surface area contributed by atoms with Crippen LogP contribution in [0, 0.1) is 0 Å². The van der Waals surface area contributed by atoms with Crippen molar-refractivity contribution in [3.8, 4) is 11.3 Å². The zero-order valence-electron chi connectivity index (χ0n) is 12.6. The van der Waals surface area contributed by atoms with Crippen molar-refractivity contribution in [2.75, 3.05) is 31.1 Å². The Kier molecular flexibility index (Phi) is 4.32. The van der Waals surface area contributed by atoms with Crippen molar-refractivity contribution >= 4 is 11.7 Å². The molecule has 0 atom stereocenters. The van der Waals surface area contributed by atoms with E-state index in [0.717, 1.165) is 10.5 Å². The smallest absolute Gasteiger partial charge is 0.352 e. The van der Waals surface area contributed by atoms with E-state index in [1.54, 1.807) is 35.5 Å². The number of amides is 1. The maximum absolute atomic E-state index is 12.4. The van der Waals surface area contributed by atoms with E-state index in [2.05, 4.69) is 15.2 Å². The summed E-state index contributed by atoms with van der Waals surface area (Å²) in [6, 6.07) is 7.20. The number of aromatic nitrogens is 3. The number of halogens is 3. The highest BCUT2D eigenvalue weighted by Crippen LogP contribution is 2.22. The highest BCUT2D eigenvalue weighted by atomic mass is 19.4. The molecule has 0 spiro atoms. The Bertz CT molecular complexity index is 697. The van der Waals surface area contributed by atoms with Gasteiger partial charge in [-0.2, -0.15) is 13.2 Å². The summed E-state index contributed by atoms with van der Waals surface area (Å²) in [5, 5.41) is 8.25. The molecule has 0 bridgehead atoms. The van der Waals surface area contributed by atoms with Gasteiger partial charge in [0.25, 0.3) is 0 Å². The highest BCUT2D eigenvalue weighted by molar-refractivity contribution is 5.82. The van der Waals surface area contributed by atoms with Crippen molar-refractivity contribution in [1.29, 1.82) is 0 Å². The fraction of sp³-hybridized carbons (Fsp3) is 0.333. The number of alkyl halides is 3. The van der Waals surface area contributed by atoms with E-state index in [1.807, 2.05) is 6.07 Å². The van der Waals surface area contributed by atoms with E-state index in [-0.39, 0.29) is 26.2 Å². The number of carbonyl (C=O) groups excluding carboxylic acids is 1. The second-order valence-electron chi connectivity index (χ2n) is 5.30. The van der Waals surface area contributed by atoms with Gasteiger partial charge in [0.05, 0.1) is 5.69 Å². The minimum Gasteiger partial charge on any atom is -0.352 e. The van der Waals surface area contributed by atoms with E-state index in [0.29, 0.717) is 11.5 Å². The first kappa shape index (κ1) is 16.2. The van der Waals surface area contributed by atoms with Gasteiger partial charge in [0, 0.05) is 44.1 Å². The van der Waals surface area contributed by atoms with Crippen LogP contribution in [-0.4, -0.2) is 58.3 Å². The van der Waals surface area contributed by atoms with Gasteiger partial charge in [-0.05, 0) is 24.3 Å². The number of hydrogen-bond donors (Lipinski definition) is 0. The second-order valence-corrected chi connectivity index (χ2v) is 5.30. The number of pyridine rings is 1. The van der Waals surface area contributed by atoms with Gasteiger partial charge >= 0.3 is 12.1 Å². The van der Waals surface area contributed by atoms with Crippen LogP contribution in [0.25, 0.3) is 11.3 Å². The fourth-order valence-electron chi connectivity index (χ4n) is 2.48. The topological polar surface area (TPSA) is 62.2 Å². The van der Waals surface area contributed by atoms with Crippen LogP contribution in [0.15, 0.2) is 36.7 Å². The van der Waals surface area contributed by atoms with Gasteiger partial charge in [-0.3, -0.25) is 9.78 Å². The Balaban J connectivity index is 1.64. The largest absolute Gasteiger partial charge is 0.471 e. The Hall–Kier alpha value is -2.71. The Morgan fingerprint density at radius 3 is 2.33 bits per heavy atom. The monoisotopic (exact) mass is 337 g/mol. The Morgan fingerprint density at radius 2 is 1.79 bits per heavy atom. The van der Waals surface area contributed by atoms with Crippen LogP contribution in [0.1, 0.15) is 0 Å². The quantitative estimate of drug-likeness (QED) is 0.835. The van der Waals surface area contributed by atoms with Crippen molar-refractivity contribution in [1.82, 2.24) is 20.1 Å². The highest BCUT2D eigenvalue weighted by Gasteiger charge is 2.43. The van der Waals surface area contributed by atoms with Crippen molar-refractivity contribution in [2.45, 2.75) is 6.18 Å². The molecule has 0 unspecified atom stereocenters. The predicted octanol–water partition coefficient (Wildman–Crippen LogP) is 1.75. The Morgan fingerprint density at radius 1 is 1.04 bits per heavy atom. The van der Waals surface area contributed by atoms with Crippen LogP contribution in [0.5, 0.6) is 0 Å². The molecule has 1 aliphatic heterocycles. The Labute approximate surface area is 135 Å². The lowest BCUT2D eigenvalue weighted by Crippen LogP contribution is -2.52. The number of piperazine rings is 1. The first-order valence-electron chi connectivity index (χ1n) is 7.30. The van der Waals surface area contributed by atoms with Gasteiger partial charge in [-0.15, -0.1) is 10.2 Å². The third-order valence-electron chi connectivity index (χ3n) is 3.74. The molecule has 9 heteroatoms. The normalized spacial score (nSPS) is 15.5. The number of nitrogens with zero attached hydrogens (tertiary/aromatic N) is 5. The van der Waals surface area contributed by atoms with E-state index in [4.69, 9.17) is 0 Å². The minimum absolute atomic E-state index is 0.00435. The maximum atomic E-state index is 12.4. The van der Waals surface area contributed by atoms with E-state index in [9.17, 15) is 18.0 Å². The predicted molar refractivity (Wildman–Crippen MR) is 80.1 cm³/mol. The molecule has 3 heterocycles. The molecule has 0 saturated carbocycles. The lowest BCUT2D eigenvalue weighted by Gasteiger charge is -2.35. The average Bonchev–Trinajstić information content (AvgIpc) is 2.61. The summed E-state index contributed by atoms with van der Waals surface area (Å²) in [7, 11) is 0. The van der Waals surface area contributed by atoms with E-state index < -0.39 is 12.1 Å². The molecule has 1 saturated heterocycles. The standard InChI is InChI=1S/C15H14F3N5O/c16-15(17,18)14(24)23-8-6-22(7-9-23)13-4-3-12(20-21-13)11-2-1-5-19-10-11/h1-5,10H,6-9H2. The van der Waals surface area contributed by atoms with Gasteiger partial charge in [0.15, 0.2) is 5.82 Å². The van der Waals surface area contributed by atoms with Gasteiger partial charge in [0.2, 0.25) is 0 Å². The van der Waals surface area contributed by atoms with Gasteiger partial charge < -0.3 is 9.80 Å². The number of rotatable bonds is 2. The molecule has 6 nitrogen and oxygen atoms in total. The molecule has 0 radical (unpaired) electrons. The van der Waals surface area contributed by atoms with Crippen LogP contribution < -0.4 is 4.90 Å².